The third-order valence-electron chi connectivity index (χ3n) is 2.32. The fraction of sp³-hybridized carbons (Fsp3) is 0.636. The summed E-state index contributed by atoms with van der Waals surface area (Å²) in [6.07, 6.45) is -3.00. The zero-order valence-corrected chi connectivity index (χ0v) is 12.7. The highest BCUT2D eigenvalue weighted by atomic mass is 79.9. The number of nitrogens with zero attached hydrogens (tertiary/aromatic N) is 3. The van der Waals surface area contributed by atoms with Crippen molar-refractivity contribution in [3.05, 3.63) is 16.4 Å². The molecule has 0 saturated carbocycles. The van der Waals surface area contributed by atoms with Gasteiger partial charge in [-0.15, -0.1) is 0 Å². The first-order valence-electron chi connectivity index (χ1n) is 5.74. The fourth-order valence-electron chi connectivity index (χ4n) is 1.43. The van der Waals surface area contributed by atoms with Gasteiger partial charge in [0.05, 0.1) is 17.2 Å². The molecule has 0 aliphatic heterocycles. The SMILES string of the molecule is CN(C)CCn1ncc(Br)c1C(=O)COCC(F)(F)F. The van der Waals surface area contributed by atoms with Gasteiger partial charge in [-0.25, -0.2) is 0 Å². The minimum atomic E-state index is -4.44. The van der Waals surface area contributed by atoms with E-state index in [-0.39, 0.29) is 5.69 Å². The molecule has 5 nitrogen and oxygen atoms in total. The number of ketones is 1. The van der Waals surface area contributed by atoms with E-state index < -0.39 is 25.2 Å². The third kappa shape index (κ3) is 5.59. The molecular weight excluding hydrogens is 343 g/mol. The summed E-state index contributed by atoms with van der Waals surface area (Å²) < 4.78 is 42.1. The Labute approximate surface area is 122 Å². The Morgan fingerprint density at radius 3 is 2.70 bits per heavy atom. The van der Waals surface area contributed by atoms with E-state index in [2.05, 4.69) is 25.8 Å². The van der Waals surface area contributed by atoms with Crippen molar-refractivity contribution in [2.75, 3.05) is 33.9 Å². The quantitative estimate of drug-likeness (QED) is 0.700. The summed E-state index contributed by atoms with van der Waals surface area (Å²) in [6.45, 7) is -0.968. The number of ether oxygens (including phenoxy) is 1. The summed E-state index contributed by atoms with van der Waals surface area (Å²) in [6, 6.07) is 0. The Kier molecular flexibility index (Phi) is 6.15. The van der Waals surface area contributed by atoms with Gasteiger partial charge in [0.1, 0.15) is 18.9 Å². The van der Waals surface area contributed by atoms with E-state index in [0.29, 0.717) is 17.6 Å². The van der Waals surface area contributed by atoms with E-state index in [4.69, 9.17) is 0 Å². The van der Waals surface area contributed by atoms with Crippen LogP contribution in [0.15, 0.2) is 10.7 Å². The number of aromatic nitrogens is 2. The molecule has 1 rings (SSSR count). The highest BCUT2D eigenvalue weighted by Crippen LogP contribution is 2.18. The first-order chi connectivity index (χ1) is 9.20. The summed E-state index contributed by atoms with van der Waals surface area (Å²) in [5.74, 6) is -0.544. The van der Waals surface area contributed by atoms with Gasteiger partial charge >= 0.3 is 6.18 Å². The molecule has 0 fully saturated rings. The summed E-state index contributed by atoms with van der Waals surface area (Å²) >= 11 is 3.16. The van der Waals surface area contributed by atoms with Gasteiger partial charge in [-0.05, 0) is 30.0 Å². The predicted octanol–water partition coefficient (Wildman–Crippen LogP) is 1.97. The van der Waals surface area contributed by atoms with Crippen LogP contribution in [0.1, 0.15) is 10.5 Å². The molecule has 114 valence electrons. The number of hydrogen-bond donors (Lipinski definition) is 0. The number of rotatable bonds is 7. The lowest BCUT2D eigenvalue weighted by atomic mass is 10.3. The zero-order chi connectivity index (χ0) is 15.3. The van der Waals surface area contributed by atoms with Gasteiger partial charge in [0.25, 0.3) is 0 Å². The van der Waals surface area contributed by atoms with E-state index in [1.54, 1.807) is 0 Å². The number of halogens is 4. The van der Waals surface area contributed by atoms with Crippen molar-refractivity contribution in [2.45, 2.75) is 12.7 Å². The van der Waals surface area contributed by atoms with E-state index in [0.717, 1.165) is 0 Å². The minimum absolute atomic E-state index is 0.217. The van der Waals surface area contributed by atoms with Crippen LogP contribution in [0.2, 0.25) is 0 Å². The molecule has 1 aromatic rings. The smallest absolute Gasteiger partial charge is 0.364 e. The first kappa shape index (κ1) is 17.1. The maximum atomic E-state index is 11.9. The Bertz CT molecular complexity index is 460. The second kappa shape index (κ2) is 7.19. The van der Waals surface area contributed by atoms with Gasteiger partial charge in [0.2, 0.25) is 5.78 Å². The van der Waals surface area contributed by atoms with E-state index in [1.165, 1.54) is 10.9 Å². The Morgan fingerprint density at radius 1 is 1.50 bits per heavy atom. The van der Waals surface area contributed by atoms with Crippen molar-refractivity contribution in [3.63, 3.8) is 0 Å². The van der Waals surface area contributed by atoms with Crippen molar-refractivity contribution in [3.8, 4) is 0 Å². The lowest BCUT2D eigenvalue weighted by molar-refractivity contribution is -0.170. The molecule has 20 heavy (non-hydrogen) atoms. The van der Waals surface area contributed by atoms with Crippen molar-refractivity contribution in [2.24, 2.45) is 0 Å². The Hall–Kier alpha value is -0.930. The maximum Gasteiger partial charge on any atom is 0.411 e. The number of carbonyl (C=O) groups excluding carboxylic acids is 1. The Balaban J connectivity index is 2.65. The molecule has 0 saturated heterocycles. The normalized spacial score (nSPS) is 12.2. The number of carbonyl (C=O) groups is 1. The topological polar surface area (TPSA) is 47.4 Å². The summed E-state index contributed by atoms with van der Waals surface area (Å²) in [7, 11) is 3.74. The van der Waals surface area contributed by atoms with Gasteiger partial charge < -0.3 is 9.64 Å². The zero-order valence-electron chi connectivity index (χ0n) is 11.1. The molecule has 0 aliphatic rings. The molecule has 0 aliphatic carbocycles. The molecule has 0 N–H and O–H groups in total. The molecule has 1 heterocycles. The standard InChI is InChI=1S/C11H15BrF3N3O2/c1-17(2)3-4-18-10(8(12)5-16-18)9(19)6-20-7-11(13,14)15/h5H,3-4,6-7H2,1-2H3. The van der Waals surface area contributed by atoms with Gasteiger partial charge in [0.15, 0.2) is 0 Å². The average molecular weight is 358 g/mol. The third-order valence-corrected chi connectivity index (χ3v) is 2.90. The lowest BCUT2D eigenvalue weighted by Gasteiger charge is -2.12. The number of Topliss-reactive ketones (excluding diaryl/α,β-unsaturated/α-hetero) is 1. The lowest BCUT2D eigenvalue weighted by Crippen LogP contribution is -2.24. The summed E-state index contributed by atoms with van der Waals surface area (Å²) in [5.41, 5.74) is 0.217. The van der Waals surface area contributed by atoms with E-state index >= 15 is 0 Å². The van der Waals surface area contributed by atoms with Crippen LogP contribution in [0.4, 0.5) is 13.2 Å². The van der Waals surface area contributed by atoms with Crippen molar-refractivity contribution >= 4 is 21.7 Å². The molecule has 0 bridgehead atoms. The van der Waals surface area contributed by atoms with Crippen molar-refractivity contribution in [1.82, 2.24) is 14.7 Å². The highest BCUT2D eigenvalue weighted by Gasteiger charge is 2.28. The highest BCUT2D eigenvalue weighted by molar-refractivity contribution is 9.10. The van der Waals surface area contributed by atoms with Crippen LogP contribution >= 0.6 is 15.9 Å². The van der Waals surface area contributed by atoms with Gasteiger partial charge in [0, 0.05) is 6.54 Å². The van der Waals surface area contributed by atoms with Crippen LogP contribution in [0.3, 0.4) is 0 Å². The monoisotopic (exact) mass is 357 g/mol. The number of likely N-dealkylation sites (N-methyl/N-ethyl adjacent to an activating group) is 1. The van der Waals surface area contributed by atoms with Gasteiger partial charge in [-0.1, -0.05) is 0 Å². The average Bonchev–Trinajstić information content (AvgIpc) is 2.66. The predicted molar refractivity (Wildman–Crippen MR) is 69.7 cm³/mol. The molecule has 0 radical (unpaired) electrons. The van der Waals surface area contributed by atoms with E-state index in [9.17, 15) is 18.0 Å². The Morgan fingerprint density at radius 2 is 2.15 bits per heavy atom. The molecule has 1 aromatic heterocycles. The van der Waals surface area contributed by atoms with Crippen LogP contribution in [-0.2, 0) is 11.3 Å². The second-order valence-corrected chi connectivity index (χ2v) is 5.25. The molecule has 9 heteroatoms. The molecule has 0 aromatic carbocycles. The summed E-state index contributed by atoms with van der Waals surface area (Å²) in [4.78, 5) is 13.8. The van der Waals surface area contributed by atoms with Crippen LogP contribution in [0.25, 0.3) is 0 Å². The number of hydrogen-bond acceptors (Lipinski definition) is 4. The van der Waals surface area contributed by atoms with Gasteiger partial charge in [-0.2, -0.15) is 18.3 Å². The molecular formula is C11H15BrF3N3O2. The minimum Gasteiger partial charge on any atom is -0.364 e. The van der Waals surface area contributed by atoms with Crippen molar-refractivity contribution < 1.29 is 22.7 Å². The number of alkyl halides is 3. The largest absolute Gasteiger partial charge is 0.411 e. The van der Waals surface area contributed by atoms with Crippen molar-refractivity contribution in [1.29, 1.82) is 0 Å². The van der Waals surface area contributed by atoms with Gasteiger partial charge in [-0.3, -0.25) is 9.48 Å². The summed E-state index contributed by atoms with van der Waals surface area (Å²) in [5, 5.41) is 4.01. The van der Waals surface area contributed by atoms with Crippen LogP contribution < -0.4 is 0 Å². The molecule has 0 amide bonds. The maximum absolute atomic E-state index is 11.9. The molecule has 0 atom stereocenters. The molecule has 0 spiro atoms. The molecule has 0 unspecified atom stereocenters. The van der Waals surface area contributed by atoms with E-state index in [1.807, 2.05) is 19.0 Å². The first-order valence-corrected chi connectivity index (χ1v) is 6.53. The van der Waals surface area contributed by atoms with Crippen LogP contribution in [0, 0.1) is 0 Å². The van der Waals surface area contributed by atoms with Crippen LogP contribution in [0.5, 0.6) is 0 Å². The van der Waals surface area contributed by atoms with Crippen LogP contribution in [-0.4, -0.2) is 60.5 Å². The fourth-order valence-corrected chi connectivity index (χ4v) is 1.95. The second-order valence-electron chi connectivity index (χ2n) is 4.40.